The second-order valence-electron chi connectivity index (χ2n) is 4.97. The molecule has 96 valence electrons. The lowest BCUT2D eigenvalue weighted by Crippen LogP contribution is -2.46. The zero-order valence-electron chi connectivity index (χ0n) is 10.5. The minimum absolute atomic E-state index is 0.352. The van der Waals surface area contributed by atoms with Gasteiger partial charge in [0.25, 0.3) is 0 Å². The van der Waals surface area contributed by atoms with Crippen LogP contribution in [-0.2, 0) is 9.53 Å². The van der Waals surface area contributed by atoms with Gasteiger partial charge in [-0.1, -0.05) is 36.4 Å². The van der Waals surface area contributed by atoms with Crippen molar-refractivity contribution in [2.45, 2.75) is 32.0 Å². The molecule has 18 heavy (non-hydrogen) atoms. The Balaban J connectivity index is 2.20. The molecule has 0 bridgehead atoms. The van der Waals surface area contributed by atoms with Crippen molar-refractivity contribution >= 4 is 5.97 Å². The first-order chi connectivity index (χ1) is 8.58. The molecule has 0 aliphatic carbocycles. The summed E-state index contributed by atoms with van der Waals surface area (Å²) in [5.74, 6) is -0.352. The van der Waals surface area contributed by atoms with Gasteiger partial charge in [-0.15, -0.1) is 6.58 Å². The Morgan fingerprint density at radius 2 is 2.17 bits per heavy atom. The Morgan fingerprint density at radius 3 is 2.72 bits per heavy atom. The summed E-state index contributed by atoms with van der Waals surface area (Å²) in [6, 6.07) is 9.51. The van der Waals surface area contributed by atoms with Crippen LogP contribution in [-0.4, -0.2) is 17.2 Å². The number of hydrogen-bond acceptors (Lipinski definition) is 3. The van der Waals surface area contributed by atoms with Crippen LogP contribution in [0.5, 0.6) is 0 Å². The van der Waals surface area contributed by atoms with Crippen LogP contribution in [0.15, 0.2) is 43.0 Å². The molecule has 2 rings (SSSR count). The third-order valence-electron chi connectivity index (χ3n) is 3.63. The fourth-order valence-electron chi connectivity index (χ4n) is 2.30. The molecular weight excluding hydrogens is 228 g/mol. The van der Waals surface area contributed by atoms with E-state index >= 15 is 0 Å². The molecule has 1 aromatic rings. The molecule has 0 aromatic heterocycles. The van der Waals surface area contributed by atoms with Gasteiger partial charge in [-0.25, -0.2) is 0 Å². The molecule has 1 aliphatic rings. The highest BCUT2D eigenvalue weighted by molar-refractivity contribution is 5.78. The summed E-state index contributed by atoms with van der Waals surface area (Å²) in [5.41, 5.74) is 0.0538. The van der Waals surface area contributed by atoms with E-state index in [9.17, 15) is 9.90 Å². The molecule has 3 nitrogen and oxygen atoms in total. The predicted molar refractivity (Wildman–Crippen MR) is 68.8 cm³/mol. The first-order valence-electron chi connectivity index (χ1n) is 6.13. The van der Waals surface area contributed by atoms with E-state index in [1.807, 2.05) is 30.3 Å². The zero-order chi connectivity index (χ0) is 13.2. The van der Waals surface area contributed by atoms with Crippen LogP contribution in [0.4, 0.5) is 0 Å². The highest BCUT2D eigenvalue weighted by Gasteiger charge is 2.47. The van der Waals surface area contributed by atoms with E-state index in [1.54, 1.807) is 13.0 Å². The molecule has 1 aromatic carbocycles. The number of allylic oxidation sites excluding steroid dienone is 1. The van der Waals surface area contributed by atoms with Crippen LogP contribution < -0.4 is 0 Å². The average molecular weight is 246 g/mol. The van der Waals surface area contributed by atoms with Crippen LogP contribution in [0.2, 0.25) is 0 Å². The van der Waals surface area contributed by atoms with Crippen molar-refractivity contribution in [2.24, 2.45) is 5.41 Å². The monoisotopic (exact) mass is 246 g/mol. The lowest BCUT2D eigenvalue weighted by atomic mass is 9.76. The van der Waals surface area contributed by atoms with Crippen molar-refractivity contribution in [1.82, 2.24) is 0 Å². The number of aliphatic hydroxyl groups excluding tert-OH is 1. The van der Waals surface area contributed by atoms with E-state index in [1.165, 1.54) is 0 Å². The van der Waals surface area contributed by atoms with E-state index in [0.717, 1.165) is 5.56 Å². The topological polar surface area (TPSA) is 46.5 Å². The van der Waals surface area contributed by atoms with Gasteiger partial charge in [-0.3, -0.25) is 4.79 Å². The highest BCUT2D eigenvalue weighted by Crippen LogP contribution is 2.40. The minimum atomic E-state index is -0.868. The van der Waals surface area contributed by atoms with Gasteiger partial charge < -0.3 is 9.84 Å². The number of hydrogen-bond donors (Lipinski definition) is 1. The summed E-state index contributed by atoms with van der Waals surface area (Å²) in [7, 11) is 0. The maximum atomic E-state index is 12.1. The van der Waals surface area contributed by atoms with Crippen LogP contribution in [0, 0.1) is 5.41 Å². The van der Waals surface area contributed by atoms with Gasteiger partial charge in [-0.2, -0.15) is 0 Å². The van der Waals surface area contributed by atoms with Crippen molar-refractivity contribution in [3.8, 4) is 0 Å². The molecule has 0 amide bonds. The number of cyclic esters (lactones) is 1. The Hall–Kier alpha value is -1.61. The molecule has 3 heteroatoms. The normalized spacial score (nSPS) is 31.8. The number of ether oxygens (including phenoxy) is 1. The van der Waals surface area contributed by atoms with Gasteiger partial charge in [0, 0.05) is 6.42 Å². The quantitative estimate of drug-likeness (QED) is 0.658. The fourth-order valence-corrected chi connectivity index (χ4v) is 2.30. The summed E-state index contributed by atoms with van der Waals surface area (Å²) in [6.45, 7) is 5.35. The molecule has 1 saturated heterocycles. The number of benzene rings is 1. The predicted octanol–water partition coefficient (Wildman–Crippen LogP) is 2.62. The number of esters is 1. The van der Waals surface area contributed by atoms with Crippen LogP contribution in [0.25, 0.3) is 0 Å². The molecular formula is C15H18O3. The van der Waals surface area contributed by atoms with Gasteiger partial charge in [0.2, 0.25) is 0 Å². The Morgan fingerprint density at radius 1 is 1.50 bits per heavy atom. The standard InChI is InChI=1S/C15H18O3/c1-3-9-15(2)13(16)10-12(18-14(15)17)11-7-5-4-6-8-11/h3-8,12-13,16H,1,9-10H2,2H3/t12-,13-,15+/m1/s1. The number of carbonyl (C=O) groups excluding carboxylic acids is 1. The minimum Gasteiger partial charge on any atom is -0.457 e. The Labute approximate surface area is 107 Å². The summed E-state index contributed by atoms with van der Waals surface area (Å²) in [6.07, 6.45) is 1.44. The first-order valence-corrected chi connectivity index (χ1v) is 6.13. The maximum Gasteiger partial charge on any atom is 0.315 e. The lowest BCUT2D eigenvalue weighted by molar-refractivity contribution is -0.183. The van der Waals surface area contributed by atoms with Crippen molar-refractivity contribution < 1.29 is 14.6 Å². The van der Waals surface area contributed by atoms with Crippen molar-refractivity contribution in [3.05, 3.63) is 48.6 Å². The fraction of sp³-hybridized carbons (Fsp3) is 0.400. The number of aliphatic hydroxyl groups is 1. The Bertz CT molecular complexity index is 440. The van der Waals surface area contributed by atoms with Gasteiger partial charge in [0.15, 0.2) is 0 Å². The van der Waals surface area contributed by atoms with Gasteiger partial charge in [0.1, 0.15) is 6.10 Å². The van der Waals surface area contributed by atoms with Crippen LogP contribution in [0.1, 0.15) is 31.4 Å². The zero-order valence-corrected chi connectivity index (χ0v) is 10.5. The van der Waals surface area contributed by atoms with E-state index in [-0.39, 0.29) is 12.1 Å². The molecule has 0 saturated carbocycles. The second kappa shape index (κ2) is 4.94. The molecule has 0 radical (unpaired) electrons. The molecule has 0 spiro atoms. The molecule has 1 aliphatic heterocycles. The van der Waals surface area contributed by atoms with Crippen molar-refractivity contribution in [1.29, 1.82) is 0 Å². The molecule has 3 atom stereocenters. The highest BCUT2D eigenvalue weighted by atomic mass is 16.5. The number of carbonyl (C=O) groups is 1. The average Bonchev–Trinajstić information content (AvgIpc) is 2.37. The van der Waals surface area contributed by atoms with Gasteiger partial charge in [0.05, 0.1) is 11.5 Å². The molecule has 1 fully saturated rings. The van der Waals surface area contributed by atoms with Crippen LogP contribution in [0.3, 0.4) is 0 Å². The summed E-state index contributed by atoms with van der Waals surface area (Å²) < 4.78 is 5.46. The second-order valence-corrected chi connectivity index (χ2v) is 4.97. The third-order valence-corrected chi connectivity index (χ3v) is 3.63. The van der Waals surface area contributed by atoms with E-state index in [4.69, 9.17) is 4.74 Å². The molecule has 1 N–H and O–H groups in total. The summed E-state index contributed by atoms with van der Waals surface area (Å²) in [5, 5.41) is 10.2. The van der Waals surface area contributed by atoms with Crippen LogP contribution >= 0.6 is 0 Å². The summed E-state index contributed by atoms with van der Waals surface area (Å²) in [4.78, 5) is 12.1. The van der Waals surface area contributed by atoms with Gasteiger partial charge in [-0.05, 0) is 18.9 Å². The van der Waals surface area contributed by atoms with Crippen molar-refractivity contribution in [3.63, 3.8) is 0 Å². The SMILES string of the molecule is C=CC[C@]1(C)C(=O)O[C@@H](c2ccccc2)C[C@H]1O. The van der Waals surface area contributed by atoms with Gasteiger partial charge >= 0.3 is 5.97 Å². The summed E-state index contributed by atoms with van der Waals surface area (Å²) >= 11 is 0. The lowest BCUT2D eigenvalue weighted by Gasteiger charge is -2.39. The largest absolute Gasteiger partial charge is 0.457 e. The van der Waals surface area contributed by atoms with E-state index in [2.05, 4.69) is 6.58 Å². The maximum absolute atomic E-state index is 12.1. The molecule has 1 heterocycles. The van der Waals surface area contributed by atoms with Crippen molar-refractivity contribution in [2.75, 3.05) is 0 Å². The first kappa shape index (κ1) is 12.8. The van der Waals surface area contributed by atoms with E-state index in [0.29, 0.717) is 12.8 Å². The third kappa shape index (κ3) is 2.18. The smallest absolute Gasteiger partial charge is 0.315 e. The Kier molecular flexibility index (Phi) is 3.53. The molecule has 0 unspecified atom stereocenters. The number of rotatable bonds is 3. The van der Waals surface area contributed by atoms with E-state index < -0.39 is 11.5 Å².